The first kappa shape index (κ1) is 20.4. The highest BCUT2D eigenvalue weighted by molar-refractivity contribution is 14.0. The van der Waals surface area contributed by atoms with Crippen molar-refractivity contribution in [1.82, 2.24) is 20.0 Å². The van der Waals surface area contributed by atoms with Gasteiger partial charge >= 0.3 is 5.51 Å². The van der Waals surface area contributed by atoms with Crippen LogP contribution < -0.4 is 5.32 Å². The summed E-state index contributed by atoms with van der Waals surface area (Å²) in [5.41, 5.74) is -2.99. The molecule has 1 aromatic rings. The molecule has 132 valence electrons. The summed E-state index contributed by atoms with van der Waals surface area (Å²) in [5, 5.41) is 7.17. The molecule has 1 aliphatic heterocycles. The molecule has 1 unspecified atom stereocenters. The average Bonchev–Trinajstić information content (AvgIpc) is 3.06. The highest BCUT2D eigenvalue weighted by atomic mass is 127. The zero-order valence-corrected chi connectivity index (χ0v) is 16.2. The van der Waals surface area contributed by atoms with Crippen LogP contribution in [0.15, 0.2) is 17.4 Å². The second-order valence-electron chi connectivity index (χ2n) is 5.15. The third-order valence-corrected chi connectivity index (χ3v) is 4.28. The molecule has 0 aromatic carbocycles. The molecule has 0 amide bonds. The Balaban J connectivity index is 0.00000264. The Kier molecular flexibility index (Phi) is 7.98. The summed E-state index contributed by atoms with van der Waals surface area (Å²) in [5.74, 6) is 1.02. The van der Waals surface area contributed by atoms with Gasteiger partial charge in [0.05, 0.1) is 6.20 Å². The zero-order valence-electron chi connectivity index (χ0n) is 13.0. The number of halogens is 4. The van der Waals surface area contributed by atoms with Crippen LogP contribution in [0.2, 0.25) is 0 Å². The van der Waals surface area contributed by atoms with Crippen molar-refractivity contribution >= 4 is 41.7 Å². The fourth-order valence-corrected chi connectivity index (χ4v) is 2.97. The maximum atomic E-state index is 12.1. The van der Waals surface area contributed by atoms with Crippen LogP contribution in [-0.4, -0.2) is 58.6 Å². The van der Waals surface area contributed by atoms with Crippen molar-refractivity contribution in [1.29, 1.82) is 0 Å². The summed E-state index contributed by atoms with van der Waals surface area (Å²) in [6.07, 6.45) is 4.86. The lowest BCUT2D eigenvalue weighted by Gasteiger charge is -2.21. The van der Waals surface area contributed by atoms with Crippen molar-refractivity contribution in [2.75, 3.05) is 32.4 Å². The number of nitrogens with one attached hydrogen (secondary N) is 1. The van der Waals surface area contributed by atoms with Crippen LogP contribution in [0.25, 0.3) is 0 Å². The first-order valence-corrected chi connectivity index (χ1v) is 8.02. The van der Waals surface area contributed by atoms with Gasteiger partial charge in [0.25, 0.3) is 0 Å². The average molecular weight is 463 g/mol. The van der Waals surface area contributed by atoms with Gasteiger partial charge in [-0.15, -0.1) is 24.0 Å². The van der Waals surface area contributed by atoms with Crippen molar-refractivity contribution in [2.24, 2.45) is 12.0 Å². The highest BCUT2D eigenvalue weighted by Gasteiger charge is 2.29. The number of alkyl halides is 3. The number of aromatic nitrogens is 2. The minimum absolute atomic E-state index is 0. The van der Waals surface area contributed by atoms with E-state index in [1.54, 1.807) is 11.7 Å². The predicted molar refractivity (Wildman–Crippen MR) is 97.4 cm³/mol. The van der Waals surface area contributed by atoms with Crippen LogP contribution in [0, 0.1) is 0 Å². The van der Waals surface area contributed by atoms with E-state index in [4.69, 9.17) is 0 Å². The molecule has 1 atom stereocenters. The predicted octanol–water partition coefficient (Wildman–Crippen LogP) is 2.66. The van der Waals surface area contributed by atoms with Gasteiger partial charge in [0.1, 0.15) is 0 Å². The standard InChI is InChI=1S/C13H20F3N5S.HI/c1-17-12(18-4-6-22-13(14,15)16)21-5-3-10(9-21)11-7-19-20(2)8-11;/h7-8,10H,3-6,9H2,1-2H3,(H,17,18);1H. The van der Waals surface area contributed by atoms with Crippen molar-refractivity contribution in [2.45, 2.75) is 17.8 Å². The van der Waals surface area contributed by atoms with E-state index in [0.717, 1.165) is 19.5 Å². The van der Waals surface area contributed by atoms with Gasteiger partial charge in [0.2, 0.25) is 0 Å². The molecule has 23 heavy (non-hydrogen) atoms. The van der Waals surface area contributed by atoms with Crippen molar-refractivity contribution in [3.8, 4) is 0 Å². The normalized spacial score (nSPS) is 18.9. The van der Waals surface area contributed by atoms with Gasteiger partial charge in [-0.1, -0.05) is 0 Å². The molecule has 2 rings (SSSR count). The molecule has 5 nitrogen and oxygen atoms in total. The SMILES string of the molecule is CN=C(NCCSC(F)(F)F)N1CCC(c2cnn(C)c2)C1.I. The maximum Gasteiger partial charge on any atom is 0.441 e. The van der Waals surface area contributed by atoms with Gasteiger partial charge in [-0.25, -0.2) is 0 Å². The number of aryl methyl sites for hydroxylation is 1. The van der Waals surface area contributed by atoms with Gasteiger partial charge in [-0.05, 0) is 23.7 Å². The van der Waals surface area contributed by atoms with Crippen LogP contribution in [0.4, 0.5) is 13.2 Å². The van der Waals surface area contributed by atoms with E-state index in [9.17, 15) is 13.2 Å². The molecule has 1 N–H and O–H groups in total. The molecule has 0 aliphatic carbocycles. The Morgan fingerprint density at radius 3 is 2.83 bits per heavy atom. The number of aliphatic imine (C=N–C) groups is 1. The highest BCUT2D eigenvalue weighted by Crippen LogP contribution is 2.29. The lowest BCUT2D eigenvalue weighted by Crippen LogP contribution is -2.41. The van der Waals surface area contributed by atoms with E-state index in [2.05, 4.69) is 20.3 Å². The Hall–Kier alpha value is -0.650. The minimum Gasteiger partial charge on any atom is -0.355 e. The molecule has 1 fully saturated rings. The Morgan fingerprint density at radius 1 is 1.52 bits per heavy atom. The van der Waals surface area contributed by atoms with Crippen molar-refractivity contribution < 1.29 is 13.2 Å². The number of likely N-dealkylation sites (tertiary alicyclic amines) is 1. The van der Waals surface area contributed by atoms with Crippen molar-refractivity contribution in [3.05, 3.63) is 18.0 Å². The van der Waals surface area contributed by atoms with Crippen molar-refractivity contribution in [3.63, 3.8) is 0 Å². The van der Waals surface area contributed by atoms with E-state index in [0.29, 0.717) is 11.9 Å². The van der Waals surface area contributed by atoms with E-state index in [1.165, 1.54) is 5.56 Å². The summed E-state index contributed by atoms with van der Waals surface area (Å²) in [7, 11) is 3.53. The summed E-state index contributed by atoms with van der Waals surface area (Å²) >= 11 is -0.0183. The lowest BCUT2D eigenvalue weighted by molar-refractivity contribution is -0.0327. The summed E-state index contributed by atoms with van der Waals surface area (Å²) in [6, 6.07) is 0. The summed E-state index contributed by atoms with van der Waals surface area (Å²) in [6.45, 7) is 1.88. The number of guanidine groups is 1. The summed E-state index contributed by atoms with van der Waals surface area (Å²) in [4.78, 5) is 6.24. The number of rotatable bonds is 4. The number of hydrogen-bond donors (Lipinski definition) is 1. The quantitative estimate of drug-likeness (QED) is 0.323. The number of hydrogen-bond acceptors (Lipinski definition) is 3. The van der Waals surface area contributed by atoms with Crippen LogP contribution in [0.1, 0.15) is 17.9 Å². The van der Waals surface area contributed by atoms with E-state index in [-0.39, 0.29) is 48.0 Å². The Morgan fingerprint density at radius 2 is 2.26 bits per heavy atom. The molecule has 2 heterocycles. The summed E-state index contributed by atoms with van der Waals surface area (Å²) < 4.78 is 38.0. The minimum atomic E-state index is -4.18. The molecule has 1 saturated heterocycles. The van der Waals surface area contributed by atoms with Gasteiger partial charge in [-0.2, -0.15) is 18.3 Å². The largest absolute Gasteiger partial charge is 0.441 e. The fraction of sp³-hybridized carbons (Fsp3) is 0.692. The molecule has 0 radical (unpaired) electrons. The molecular weight excluding hydrogens is 442 g/mol. The van der Waals surface area contributed by atoms with Crippen LogP contribution >= 0.6 is 35.7 Å². The maximum absolute atomic E-state index is 12.1. The second-order valence-corrected chi connectivity index (χ2v) is 6.31. The molecule has 10 heteroatoms. The van der Waals surface area contributed by atoms with E-state index in [1.807, 2.05) is 19.4 Å². The molecule has 0 spiro atoms. The Labute approximate surface area is 155 Å². The van der Waals surface area contributed by atoms with E-state index >= 15 is 0 Å². The Bertz CT molecular complexity index is 520. The van der Waals surface area contributed by atoms with Crippen LogP contribution in [0.5, 0.6) is 0 Å². The van der Waals surface area contributed by atoms with Gasteiger partial charge in [0.15, 0.2) is 5.96 Å². The molecule has 1 aromatic heterocycles. The topological polar surface area (TPSA) is 45.5 Å². The molecular formula is C13H21F3IN5S. The fourth-order valence-electron chi connectivity index (χ4n) is 2.54. The smallest absolute Gasteiger partial charge is 0.355 e. The zero-order chi connectivity index (χ0) is 16.2. The number of nitrogens with zero attached hydrogens (tertiary/aromatic N) is 4. The molecule has 0 bridgehead atoms. The monoisotopic (exact) mass is 463 g/mol. The van der Waals surface area contributed by atoms with Gasteiger partial charge < -0.3 is 10.2 Å². The van der Waals surface area contributed by atoms with Gasteiger partial charge in [0, 0.05) is 51.6 Å². The third-order valence-electron chi connectivity index (χ3n) is 3.55. The second kappa shape index (κ2) is 9.00. The number of thioether (sulfide) groups is 1. The third kappa shape index (κ3) is 6.40. The molecule has 1 aliphatic rings. The van der Waals surface area contributed by atoms with Gasteiger partial charge in [-0.3, -0.25) is 9.67 Å². The van der Waals surface area contributed by atoms with Crippen LogP contribution in [0.3, 0.4) is 0 Å². The lowest BCUT2D eigenvalue weighted by atomic mass is 10.0. The first-order chi connectivity index (χ1) is 10.4. The van der Waals surface area contributed by atoms with E-state index < -0.39 is 5.51 Å². The molecule has 0 saturated carbocycles. The first-order valence-electron chi connectivity index (χ1n) is 7.04. The van der Waals surface area contributed by atoms with Crippen LogP contribution in [-0.2, 0) is 7.05 Å².